The summed E-state index contributed by atoms with van der Waals surface area (Å²) in [6, 6.07) is 13.0. The standard InChI is InChI=1S/C20H20N4O2/c1-14(21-12-15-13-23-10-5-4-8-18(23)22-15)9-11-24-19(25)16-6-2-3-7-17(16)20(24)26/h2-8,10,13-14,21H,9,11-12H2,1H3. The lowest BCUT2D eigenvalue weighted by atomic mass is 10.1. The number of fused-ring (bicyclic) bond motifs is 2. The SMILES string of the molecule is CC(CCN1C(=O)c2ccccc2C1=O)NCc1cn2ccccc2n1. The van der Waals surface area contributed by atoms with Crippen LogP contribution in [0.3, 0.4) is 0 Å². The molecule has 2 amide bonds. The lowest BCUT2D eigenvalue weighted by molar-refractivity contribution is 0.0649. The largest absolute Gasteiger partial charge is 0.309 e. The van der Waals surface area contributed by atoms with Crippen molar-refractivity contribution >= 4 is 17.5 Å². The molecule has 3 aromatic rings. The van der Waals surface area contributed by atoms with Gasteiger partial charge in [-0.2, -0.15) is 0 Å². The molecule has 0 radical (unpaired) electrons. The summed E-state index contributed by atoms with van der Waals surface area (Å²) in [5.74, 6) is -0.392. The van der Waals surface area contributed by atoms with Crippen LogP contribution >= 0.6 is 0 Å². The highest BCUT2D eigenvalue weighted by Gasteiger charge is 2.34. The fourth-order valence-electron chi connectivity index (χ4n) is 3.22. The van der Waals surface area contributed by atoms with Crippen molar-refractivity contribution in [2.75, 3.05) is 6.54 Å². The third-order valence-corrected chi connectivity index (χ3v) is 4.71. The Morgan fingerprint density at radius 1 is 1.04 bits per heavy atom. The number of nitrogens with zero attached hydrogens (tertiary/aromatic N) is 3. The lowest BCUT2D eigenvalue weighted by Crippen LogP contribution is -2.35. The second kappa shape index (κ2) is 6.72. The first-order valence-electron chi connectivity index (χ1n) is 8.74. The van der Waals surface area contributed by atoms with E-state index in [1.165, 1.54) is 4.90 Å². The quantitative estimate of drug-likeness (QED) is 0.695. The van der Waals surface area contributed by atoms with Crippen molar-refractivity contribution in [1.82, 2.24) is 19.6 Å². The highest BCUT2D eigenvalue weighted by molar-refractivity contribution is 6.21. The van der Waals surface area contributed by atoms with E-state index in [0.717, 1.165) is 11.3 Å². The van der Waals surface area contributed by atoms with Crippen molar-refractivity contribution < 1.29 is 9.59 Å². The van der Waals surface area contributed by atoms with Gasteiger partial charge in [-0.15, -0.1) is 0 Å². The summed E-state index contributed by atoms with van der Waals surface area (Å²) in [4.78, 5) is 30.6. The van der Waals surface area contributed by atoms with Crippen molar-refractivity contribution in [3.8, 4) is 0 Å². The number of hydrogen-bond acceptors (Lipinski definition) is 4. The van der Waals surface area contributed by atoms with Gasteiger partial charge in [-0.05, 0) is 37.6 Å². The number of imide groups is 1. The summed E-state index contributed by atoms with van der Waals surface area (Å²) in [5, 5.41) is 3.41. The van der Waals surface area contributed by atoms with E-state index in [2.05, 4.69) is 10.3 Å². The van der Waals surface area contributed by atoms with Crippen LogP contribution in [-0.2, 0) is 6.54 Å². The molecule has 1 aliphatic rings. The number of pyridine rings is 1. The Kier molecular flexibility index (Phi) is 4.26. The molecule has 4 rings (SSSR count). The van der Waals surface area contributed by atoms with Gasteiger partial charge in [-0.3, -0.25) is 14.5 Å². The van der Waals surface area contributed by atoms with Crippen LogP contribution in [0.5, 0.6) is 0 Å². The number of carbonyl (C=O) groups is 2. The van der Waals surface area contributed by atoms with Crippen molar-refractivity contribution in [3.63, 3.8) is 0 Å². The number of rotatable bonds is 6. The molecule has 0 aliphatic carbocycles. The second-order valence-electron chi connectivity index (χ2n) is 6.58. The van der Waals surface area contributed by atoms with Crippen LogP contribution in [0.2, 0.25) is 0 Å². The van der Waals surface area contributed by atoms with Crippen LogP contribution in [0.15, 0.2) is 54.9 Å². The smallest absolute Gasteiger partial charge is 0.261 e. The monoisotopic (exact) mass is 348 g/mol. The average molecular weight is 348 g/mol. The molecule has 1 aliphatic heterocycles. The third kappa shape index (κ3) is 2.99. The molecule has 3 heterocycles. The van der Waals surface area contributed by atoms with Gasteiger partial charge in [0.1, 0.15) is 5.65 Å². The van der Waals surface area contributed by atoms with Crippen molar-refractivity contribution in [1.29, 1.82) is 0 Å². The maximum Gasteiger partial charge on any atom is 0.261 e. The summed E-state index contributed by atoms with van der Waals surface area (Å²) < 4.78 is 1.99. The minimum absolute atomic E-state index is 0.157. The molecule has 0 bridgehead atoms. The molecular formula is C20H20N4O2. The van der Waals surface area contributed by atoms with E-state index < -0.39 is 0 Å². The Morgan fingerprint density at radius 2 is 1.73 bits per heavy atom. The second-order valence-corrected chi connectivity index (χ2v) is 6.58. The minimum Gasteiger partial charge on any atom is -0.309 e. The lowest BCUT2D eigenvalue weighted by Gasteiger charge is -2.18. The summed E-state index contributed by atoms with van der Waals surface area (Å²) in [5.41, 5.74) is 2.89. The molecular weight excluding hydrogens is 328 g/mol. The molecule has 6 nitrogen and oxygen atoms in total. The van der Waals surface area contributed by atoms with Crippen LogP contribution in [-0.4, -0.2) is 38.7 Å². The van der Waals surface area contributed by atoms with E-state index in [1.807, 2.05) is 41.9 Å². The van der Waals surface area contributed by atoms with E-state index >= 15 is 0 Å². The molecule has 2 aromatic heterocycles. The number of hydrogen-bond donors (Lipinski definition) is 1. The van der Waals surface area contributed by atoms with Crippen molar-refractivity contribution in [3.05, 3.63) is 71.7 Å². The fourth-order valence-corrected chi connectivity index (χ4v) is 3.22. The maximum absolute atomic E-state index is 12.4. The van der Waals surface area contributed by atoms with E-state index in [9.17, 15) is 9.59 Å². The van der Waals surface area contributed by atoms with Gasteiger partial charge >= 0.3 is 0 Å². The number of imidazole rings is 1. The van der Waals surface area contributed by atoms with E-state index in [-0.39, 0.29) is 17.9 Å². The molecule has 1 atom stereocenters. The van der Waals surface area contributed by atoms with Crippen LogP contribution in [0, 0.1) is 0 Å². The first-order valence-corrected chi connectivity index (χ1v) is 8.74. The highest BCUT2D eigenvalue weighted by atomic mass is 16.2. The summed E-state index contributed by atoms with van der Waals surface area (Å²) in [6.45, 7) is 3.10. The number of benzene rings is 1. The van der Waals surface area contributed by atoms with E-state index in [4.69, 9.17) is 0 Å². The van der Waals surface area contributed by atoms with Gasteiger partial charge in [0.05, 0.1) is 16.8 Å². The van der Waals surface area contributed by atoms with Crippen LogP contribution < -0.4 is 5.32 Å². The molecule has 6 heteroatoms. The Hall–Kier alpha value is -2.99. The zero-order valence-corrected chi connectivity index (χ0v) is 14.6. The zero-order chi connectivity index (χ0) is 18.1. The third-order valence-electron chi connectivity index (χ3n) is 4.71. The molecule has 1 aromatic carbocycles. The molecule has 1 N–H and O–H groups in total. The number of aromatic nitrogens is 2. The summed E-state index contributed by atoms with van der Waals surface area (Å²) in [6.07, 6.45) is 4.66. The molecule has 1 unspecified atom stereocenters. The van der Waals surface area contributed by atoms with Gasteiger partial charge in [0.2, 0.25) is 0 Å². The predicted octanol–water partition coefficient (Wildman–Crippen LogP) is 2.50. The normalized spacial score (nSPS) is 14.9. The summed E-state index contributed by atoms with van der Waals surface area (Å²) in [7, 11) is 0. The van der Waals surface area contributed by atoms with Gasteiger partial charge in [-0.1, -0.05) is 18.2 Å². The fraction of sp³-hybridized carbons (Fsp3) is 0.250. The molecule has 26 heavy (non-hydrogen) atoms. The molecule has 132 valence electrons. The van der Waals surface area contributed by atoms with Gasteiger partial charge in [0.25, 0.3) is 11.8 Å². The molecule has 0 spiro atoms. The zero-order valence-electron chi connectivity index (χ0n) is 14.6. The van der Waals surface area contributed by atoms with E-state index in [0.29, 0.717) is 30.6 Å². The Balaban J connectivity index is 1.32. The topological polar surface area (TPSA) is 66.7 Å². The Bertz CT molecular complexity index is 911. The van der Waals surface area contributed by atoms with Crippen LogP contribution in [0.1, 0.15) is 39.8 Å². The minimum atomic E-state index is -0.196. The Morgan fingerprint density at radius 3 is 2.42 bits per heavy atom. The number of nitrogens with one attached hydrogen (secondary N) is 1. The first-order chi connectivity index (χ1) is 12.6. The highest BCUT2D eigenvalue weighted by Crippen LogP contribution is 2.22. The summed E-state index contributed by atoms with van der Waals surface area (Å²) >= 11 is 0. The van der Waals surface area contributed by atoms with E-state index in [1.54, 1.807) is 24.3 Å². The number of carbonyl (C=O) groups excluding carboxylic acids is 2. The first kappa shape index (κ1) is 16.5. The van der Waals surface area contributed by atoms with Crippen LogP contribution in [0.4, 0.5) is 0 Å². The van der Waals surface area contributed by atoms with Crippen molar-refractivity contribution in [2.45, 2.75) is 25.9 Å². The van der Waals surface area contributed by atoms with Crippen molar-refractivity contribution in [2.24, 2.45) is 0 Å². The van der Waals surface area contributed by atoms with Gasteiger partial charge < -0.3 is 9.72 Å². The molecule has 0 fully saturated rings. The number of amides is 2. The van der Waals surface area contributed by atoms with Crippen LogP contribution in [0.25, 0.3) is 5.65 Å². The molecule has 0 saturated heterocycles. The van der Waals surface area contributed by atoms with Gasteiger partial charge in [0, 0.05) is 31.5 Å². The van der Waals surface area contributed by atoms with Gasteiger partial charge in [0.15, 0.2) is 0 Å². The predicted molar refractivity (Wildman–Crippen MR) is 97.9 cm³/mol. The Labute approximate surface area is 151 Å². The maximum atomic E-state index is 12.4. The molecule has 0 saturated carbocycles. The average Bonchev–Trinajstić information content (AvgIpc) is 3.18. The van der Waals surface area contributed by atoms with Gasteiger partial charge in [-0.25, -0.2) is 4.98 Å².